The molecule has 2 aromatic rings. The quantitative estimate of drug-likeness (QED) is 0.595. The van der Waals surface area contributed by atoms with E-state index in [1.54, 1.807) is 18.2 Å². The largest absolute Gasteiger partial charge is 0.278 e. The molecular formula is C14H10N2O2. The van der Waals surface area contributed by atoms with E-state index in [2.05, 4.69) is 4.99 Å². The number of nitro groups is 1. The van der Waals surface area contributed by atoms with Gasteiger partial charge in [-0.15, -0.1) is 0 Å². The summed E-state index contributed by atoms with van der Waals surface area (Å²) in [6.45, 7) is 0. The average molecular weight is 238 g/mol. The van der Waals surface area contributed by atoms with E-state index in [9.17, 15) is 10.1 Å². The van der Waals surface area contributed by atoms with Crippen molar-refractivity contribution in [3.05, 3.63) is 69.8 Å². The normalized spacial score (nSPS) is 13.0. The third-order valence-corrected chi connectivity index (χ3v) is 3.02. The van der Waals surface area contributed by atoms with Crippen molar-refractivity contribution >= 4 is 17.1 Å². The Labute approximate surface area is 104 Å². The van der Waals surface area contributed by atoms with Crippen LogP contribution in [0.5, 0.6) is 0 Å². The first-order valence-electron chi connectivity index (χ1n) is 5.65. The molecule has 0 fully saturated rings. The lowest BCUT2D eigenvalue weighted by Gasteiger charge is -2.01. The first-order valence-corrected chi connectivity index (χ1v) is 5.65. The molecule has 4 heteroatoms. The Hall–Kier alpha value is -2.49. The van der Waals surface area contributed by atoms with Crippen LogP contribution in [0, 0.1) is 10.1 Å². The van der Waals surface area contributed by atoms with Crippen molar-refractivity contribution in [2.24, 2.45) is 4.99 Å². The van der Waals surface area contributed by atoms with Gasteiger partial charge in [-0.05, 0) is 17.7 Å². The van der Waals surface area contributed by atoms with Crippen LogP contribution in [0.4, 0.5) is 11.4 Å². The maximum absolute atomic E-state index is 11.0. The summed E-state index contributed by atoms with van der Waals surface area (Å²) < 4.78 is 0. The van der Waals surface area contributed by atoms with Gasteiger partial charge in [-0.25, -0.2) is 0 Å². The van der Waals surface area contributed by atoms with Crippen molar-refractivity contribution in [2.45, 2.75) is 6.42 Å². The average Bonchev–Trinajstić information content (AvgIpc) is 2.82. The van der Waals surface area contributed by atoms with Gasteiger partial charge in [-0.2, -0.15) is 0 Å². The van der Waals surface area contributed by atoms with Gasteiger partial charge in [0.1, 0.15) is 0 Å². The Bertz CT molecular complexity index is 662. The highest BCUT2D eigenvalue weighted by Gasteiger charge is 2.22. The molecule has 0 unspecified atom stereocenters. The lowest BCUT2D eigenvalue weighted by molar-refractivity contribution is -0.385. The maximum Gasteiger partial charge on any atom is 0.278 e. The fourth-order valence-corrected chi connectivity index (χ4v) is 2.17. The van der Waals surface area contributed by atoms with Crippen molar-refractivity contribution < 1.29 is 4.92 Å². The molecule has 4 nitrogen and oxygen atoms in total. The lowest BCUT2D eigenvalue weighted by atomic mass is 10.0. The van der Waals surface area contributed by atoms with Gasteiger partial charge in [0.25, 0.3) is 5.69 Å². The van der Waals surface area contributed by atoms with E-state index in [0.717, 1.165) is 17.0 Å². The molecule has 0 amide bonds. The van der Waals surface area contributed by atoms with Crippen LogP contribution >= 0.6 is 0 Å². The molecule has 18 heavy (non-hydrogen) atoms. The number of para-hydroxylation sites is 2. The SMILES string of the molecule is O=[N+]([O-])c1ccccc1C1=Nc2ccccc2C1. The van der Waals surface area contributed by atoms with Gasteiger partial charge >= 0.3 is 0 Å². The van der Waals surface area contributed by atoms with Crippen LogP contribution in [0.3, 0.4) is 0 Å². The molecule has 0 saturated heterocycles. The van der Waals surface area contributed by atoms with E-state index in [4.69, 9.17) is 0 Å². The zero-order chi connectivity index (χ0) is 12.5. The molecule has 1 heterocycles. The Morgan fingerprint density at radius 1 is 1.06 bits per heavy atom. The van der Waals surface area contributed by atoms with Gasteiger partial charge in [0.2, 0.25) is 0 Å². The van der Waals surface area contributed by atoms with Gasteiger partial charge in [-0.1, -0.05) is 30.3 Å². The number of hydrogen-bond donors (Lipinski definition) is 0. The zero-order valence-corrected chi connectivity index (χ0v) is 9.54. The first-order chi connectivity index (χ1) is 8.75. The molecule has 1 aliphatic rings. The molecule has 0 bridgehead atoms. The molecule has 0 atom stereocenters. The highest BCUT2D eigenvalue weighted by molar-refractivity contribution is 6.09. The van der Waals surface area contributed by atoms with Gasteiger partial charge in [0.05, 0.1) is 21.9 Å². The lowest BCUT2D eigenvalue weighted by Crippen LogP contribution is -2.04. The van der Waals surface area contributed by atoms with Gasteiger partial charge in [0.15, 0.2) is 0 Å². The minimum Gasteiger partial charge on any atom is -0.258 e. The van der Waals surface area contributed by atoms with Crippen molar-refractivity contribution in [3.63, 3.8) is 0 Å². The van der Waals surface area contributed by atoms with E-state index in [1.807, 2.05) is 24.3 Å². The molecule has 1 aliphatic heterocycles. The van der Waals surface area contributed by atoms with Crippen LogP contribution in [-0.4, -0.2) is 10.6 Å². The second-order valence-electron chi connectivity index (χ2n) is 4.14. The maximum atomic E-state index is 11.0. The van der Waals surface area contributed by atoms with Crippen LogP contribution in [0.15, 0.2) is 53.5 Å². The molecule has 0 aliphatic carbocycles. The van der Waals surface area contributed by atoms with Crippen molar-refractivity contribution in [1.29, 1.82) is 0 Å². The van der Waals surface area contributed by atoms with Crippen LogP contribution in [0.1, 0.15) is 11.1 Å². The molecule has 2 aromatic carbocycles. The van der Waals surface area contributed by atoms with Crippen LogP contribution < -0.4 is 0 Å². The van der Waals surface area contributed by atoms with E-state index in [1.165, 1.54) is 6.07 Å². The highest BCUT2D eigenvalue weighted by atomic mass is 16.6. The fourth-order valence-electron chi connectivity index (χ4n) is 2.17. The van der Waals surface area contributed by atoms with Crippen LogP contribution in [0.2, 0.25) is 0 Å². The molecule has 0 radical (unpaired) electrons. The Kier molecular flexibility index (Phi) is 2.41. The van der Waals surface area contributed by atoms with Crippen molar-refractivity contribution in [2.75, 3.05) is 0 Å². The molecular weight excluding hydrogens is 228 g/mol. The third kappa shape index (κ3) is 1.68. The summed E-state index contributed by atoms with van der Waals surface area (Å²) in [4.78, 5) is 15.1. The molecule has 0 spiro atoms. The number of fused-ring (bicyclic) bond motifs is 1. The van der Waals surface area contributed by atoms with Gasteiger partial charge in [0, 0.05) is 12.5 Å². The summed E-state index contributed by atoms with van der Waals surface area (Å²) in [7, 11) is 0. The van der Waals surface area contributed by atoms with Gasteiger partial charge in [-0.3, -0.25) is 15.1 Å². The summed E-state index contributed by atoms with van der Waals surface area (Å²) >= 11 is 0. The minimum absolute atomic E-state index is 0.115. The van der Waals surface area contributed by atoms with E-state index < -0.39 is 0 Å². The summed E-state index contributed by atoms with van der Waals surface area (Å²) in [5.74, 6) is 0. The minimum atomic E-state index is -0.360. The first kappa shape index (κ1) is 10.7. The molecule has 88 valence electrons. The van der Waals surface area contributed by atoms with Crippen molar-refractivity contribution in [3.8, 4) is 0 Å². The van der Waals surface area contributed by atoms with E-state index in [0.29, 0.717) is 12.0 Å². The number of hydrogen-bond acceptors (Lipinski definition) is 3. The molecule has 0 aromatic heterocycles. The number of nitro benzene ring substituents is 1. The topological polar surface area (TPSA) is 55.5 Å². The van der Waals surface area contributed by atoms with E-state index in [-0.39, 0.29) is 10.6 Å². The summed E-state index contributed by atoms with van der Waals surface area (Å²) in [6.07, 6.45) is 0.654. The molecule has 0 N–H and O–H groups in total. The number of rotatable bonds is 2. The van der Waals surface area contributed by atoms with Gasteiger partial charge < -0.3 is 0 Å². The number of benzene rings is 2. The summed E-state index contributed by atoms with van der Waals surface area (Å²) in [5.41, 5.74) is 3.52. The predicted molar refractivity (Wildman–Crippen MR) is 69.4 cm³/mol. The summed E-state index contributed by atoms with van der Waals surface area (Å²) in [6, 6.07) is 14.5. The Morgan fingerprint density at radius 2 is 1.78 bits per heavy atom. The molecule has 3 rings (SSSR count). The summed E-state index contributed by atoms with van der Waals surface area (Å²) in [5, 5.41) is 11.0. The Balaban J connectivity index is 2.07. The Morgan fingerprint density at radius 3 is 2.56 bits per heavy atom. The standard InChI is InChI=1S/C14H10N2O2/c17-16(18)14-8-4-2-6-11(14)13-9-10-5-1-3-7-12(10)15-13/h1-8H,9H2. The number of aliphatic imine (C=N–C) groups is 1. The van der Waals surface area contributed by atoms with E-state index >= 15 is 0 Å². The zero-order valence-electron chi connectivity index (χ0n) is 9.54. The van der Waals surface area contributed by atoms with Crippen LogP contribution in [0.25, 0.3) is 0 Å². The number of nitrogens with zero attached hydrogens (tertiary/aromatic N) is 2. The fraction of sp³-hybridized carbons (Fsp3) is 0.0714. The highest BCUT2D eigenvalue weighted by Crippen LogP contribution is 2.31. The molecule has 0 saturated carbocycles. The second kappa shape index (κ2) is 4.07. The smallest absolute Gasteiger partial charge is 0.258 e. The second-order valence-corrected chi connectivity index (χ2v) is 4.14. The van der Waals surface area contributed by atoms with Crippen molar-refractivity contribution in [1.82, 2.24) is 0 Å². The van der Waals surface area contributed by atoms with Crippen LogP contribution in [-0.2, 0) is 6.42 Å². The third-order valence-electron chi connectivity index (χ3n) is 3.02. The predicted octanol–water partition coefficient (Wildman–Crippen LogP) is 3.27. The monoisotopic (exact) mass is 238 g/mol.